The summed E-state index contributed by atoms with van der Waals surface area (Å²) >= 11 is 0. The zero-order chi connectivity index (χ0) is 9.80. The maximum atomic E-state index is 8.98. The highest BCUT2D eigenvalue weighted by Gasteiger charge is 2.19. The van der Waals surface area contributed by atoms with Crippen molar-refractivity contribution < 1.29 is 9.84 Å². The maximum Gasteiger partial charge on any atom is 0.0933 e. The van der Waals surface area contributed by atoms with Crippen LogP contribution in [0.1, 0.15) is 5.56 Å². The van der Waals surface area contributed by atoms with Crippen LogP contribution in [0.15, 0.2) is 18.5 Å². The first-order valence-electron chi connectivity index (χ1n) is 4.95. The predicted octanol–water partition coefficient (Wildman–Crippen LogP) is 0.208. The van der Waals surface area contributed by atoms with Crippen molar-refractivity contribution in [1.29, 1.82) is 0 Å². The molecule has 2 N–H and O–H groups in total. The van der Waals surface area contributed by atoms with Crippen molar-refractivity contribution in [3.8, 4) is 0 Å². The van der Waals surface area contributed by atoms with Gasteiger partial charge in [-0.25, -0.2) is 0 Å². The molecule has 1 aliphatic rings. The van der Waals surface area contributed by atoms with Gasteiger partial charge in [0, 0.05) is 32.0 Å². The van der Waals surface area contributed by atoms with Crippen LogP contribution in [0.5, 0.6) is 0 Å². The summed E-state index contributed by atoms with van der Waals surface area (Å²) in [5.41, 5.74) is 1.28. The van der Waals surface area contributed by atoms with Gasteiger partial charge in [0.25, 0.3) is 0 Å². The molecule has 1 saturated heterocycles. The highest BCUT2D eigenvalue weighted by atomic mass is 16.5. The van der Waals surface area contributed by atoms with Gasteiger partial charge in [0.15, 0.2) is 0 Å². The fourth-order valence-corrected chi connectivity index (χ4v) is 1.75. The van der Waals surface area contributed by atoms with Gasteiger partial charge in [-0.05, 0) is 11.6 Å². The number of rotatable bonds is 3. The van der Waals surface area contributed by atoms with Crippen molar-refractivity contribution in [2.45, 2.75) is 12.6 Å². The SMILES string of the molecule is OCC1CN(Cc2cc[nH]c2)CCO1. The Bertz CT molecular complexity index is 261. The van der Waals surface area contributed by atoms with E-state index < -0.39 is 0 Å². The summed E-state index contributed by atoms with van der Waals surface area (Å²) in [4.78, 5) is 5.34. The summed E-state index contributed by atoms with van der Waals surface area (Å²) < 4.78 is 5.38. The number of morpholine rings is 1. The van der Waals surface area contributed by atoms with Crippen LogP contribution in [0.2, 0.25) is 0 Å². The van der Waals surface area contributed by atoms with Gasteiger partial charge in [-0.15, -0.1) is 0 Å². The molecule has 14 heavy (non-hydrogen) atoms. The first-order chi connectivity index (χ1) is 6.88. The van der Waals surface area contributed by atoms with Crippen LogP contribution in [0, 0.1) is 0 Å². The van der Waals surface area contributed by atoms with Crippen LogP contribution in [0.4, 0.5) is 0 Å². The number of aliphatic hydroxyl groups is 1. The summed E-state index contributed by atoms with van der Waals surface area (Å²) in [7, 11) is 0. The largest absolute Gasteiger partial charge is 0.394 e. The van der Waals surface area contributed by atoms with E-state index >= 15 is 0 Å². The van der Waals surface area contributed by atoms with Gasteiger partial charge in [0.1, 0.15) is 0 Å². The molecule has 4 heteroatoms. The summed E-state index contributed by atoms with van der Waals surface area (Å²) in [6.07, 6.45) is 3.92. The van der Waals surface area contributed by atoms with E-state index in [1.54, 1.807) is 0 Å². The minimum Gasteiger partial charge on any atom is -0.394 e. The number of hydrogen-bond acceptors (Lipinski definition) is 3. The number of nitrogens with one attached hydrogen (secondary N) is 1. The molecule has 2 heterocycles. The summed E-state index contributed by atoms with van der Waals surface area (Å²) in [6.45, 7) is 3.53. The van der Waals surface area contributed by atoms with E-state index in [1.807, 2.05) is 12.4 Å². The molecule has 0 bridgehead atoms. The van der Waals surface area contributed by atoms with Gasteiger partial charge in [-0.3, -0.25) is 4.90 Å². The zero-order valence-electron chi connectivity index (χ0n) is 8.15. The highest BCUT2D eigenvalue weighted by Crippen LogP contribution is 2.09. The molecular weight excluding hydrogens is 180 g/mol. The molecule has 0 spiro atoms. The van der Waals surface area contributed by atoms with Crippen LogP contribution in [0.3, 0.4) is 0 Å². The molecule has 4 nitrogen and oxygen atoms in total. The molecule has 1 unspecified atom stereocenters. The molecule has 0 aromatic carbocycles. The average Bonchev–Trinajstić information content (AvgIpc) is 2.71. The maximum absolute atomic E-state index is 8.98. The first-order valence-corrected chi connectivity index (χ1v) is 4.95. The predicted molar refractivity (Wildman–Crippen MR) is 52.9 cm³/mol. The normalized spacial score (nSPS) is 23.9. The van der Waals surface area contributed by atoms with Crippen LogP contribution < -0.4 is 0 Å². The summed E-state index contributed by atoms with van der Waals surface area (Å²) in [5.74, 6) is 0. The Balaban J connectivity index is 1.86. The number of aromatic nitrogens is 1. The molecule has 1 aliphatic heterocycles. The Labute approximate surface area is 83.5 Å². The number of H-pyrrole nitrogens is 1. The standard InChI is InChI=1S/C10H16N2O2/c13-8-10-7-12(3-4-14-10)6-9-1-2-11-5-9/h1-2,5,10-11,13H,3-4,6-8H2. The number of hydrogen-bond donors (Lipinski definition) is 2. The van der Waals surface area contributed by atoms with Crippen LogP contribution >= 0.6 is 0 Å². The number of aliphatic hydroxyl groups excluding tert-OH is 1. The molecule has 78 valence electrons. The fraction of sp³-hybridized carbons (Fsp3) is 0.600. The minimum atomic E-state index is -0.0114. The molecule has 1 fully saturated rings. The Morgan fingerprint density at radius 2 is 2.57 bits per heavy atom. The lowest BCUT2D eigenvalue weighted by atomic mass is 10.2. The van der Waals surface area contributed by atoms with E-state index in [0.29, 0.717) is 0 Å². The third-order valence-electron chi connectivity index (χ3n) is 2.50. The number of aromatic amines is 1. The topological polar surface area (TPSA) is 48.5 Å². The van der Waals surface area contributed by atoms with Gasteiger partial charge >= 0.3 is 0 Å². The smallest absolute Gasteiger partial charge is 0.0933 e. The van der Waals surface area contributed by atoms with Gasteiger partial charge < -0.3 is 14.8 Å². The van der Waals surface area contributed by atoms with Crippen LogP contribution in [-0.2, 0) is 11.3 Å². The Morgan fingerprint density at radius 3 is 3.29 bits per heavy atom. The lowest BCUT2D eigenvalue weighted by Crippen LogP contribution is -2.43. The van der Waals surface area contributed by atoms with Crippen LogP contribution in [0.25, 0.3) is 0 Å². The molecule has 0 amide bonds. The Kier molecular flexibility index (Phi) is 3.18. The molecule has 1 atom stereocenters. The molecule has 2 rings (SSSR count). The van der Waals surface area contributed by atoms with Crippen molar-refractivity contribution in [3.05, 3.63) is 24.0 Å². The lowest BCUT2D eigenvalue weighted by molar-refractivity contribution is -0.0550. The van der Waals surface area contributed by atoms with Crippen molar-refractivity contribution in [3.63, 3.8) is 0 Å². The van der Waals surface area contributed by atoms with Crippen molar-refractivity contribution >= 4 is 0 Å². The lowest BCUT2D eigenvalue weighted by Gasteiger charge is -2.31. The zero-order valence-corrected chi connectivity index (χ0v) is 8.15. The second-order valence-electron chi connectivity index (χ2n) is 3.63. The Morgan fingerprint density at radius 1 is 1.64 bits per heavy atom. The van der Waals surface area contributed by atoms with Crippen molar-refractivity contribution in [2.75, 3.05) is 26.3 Å². The third kappa shape index (κ3) is 2.35. The van der Waals surface area contributed by atoms with E-state index in [4.69, 9.17) is 9.84 Å². The van der Waals surface area contributed by atoms with E-state index in [0.717, 1.165) is 26.2 Å². The highest BCUT2D eigenvalue weighted by molar-refractivity contribution is 5.08. The van der Waals surface area contributed by atoms with Gasteiger partial charge in [0.05, 0.1) is 19.3 Å². The van der Waals surface area contributed by atoms with Gasteiger partial charge in [-0.2, -0.15) is 0 Å². The van der Waals surface area contributed by atoms with Gasteiger partial charge in [0.2, 0.25) is 0 Å². The second-order valence-corrected chi connectivity index (χ2v) is 3.63. The number of nitrogens with zero attached hydrogens (tertiary/aromatic N) is 1. The monoisotopic (exact) mass is 196 g/mol. The number of ether oxygens (including phenoxy) is 1. The molecule has 1 aromatic rings. The van der Waals surface area contributed by atoms with Gasteiger partial charge in [-0.1, -0.05) is 0 Å². The van der Waals surface area contributed by atoms with E-state index in [9.17, 15) is 0 Å². The second kappa shape index (κ2) is 4.59. The molecule has 0 aliphatic carbocycles. The first kappa shape index (κ1) is 9.71. The summed E-state index contributed by atoms with van der Waals surface area (Å²) in [6, 6.07) is 2.07. The van der Waals surface area contributed by atoms with Crippen molar-refractivity contribution in [1.82, 2.24) is 9.88 Å². The van der Waals surface area contributed by atoms with Crippen LogP contribution in [-0.4, -0.2) is 47.4 Å². The van der Waals surface area contributed by atoms with Crippen molar-refractivity contribution in [2.24, 2.45) is 0 Å². The molecule has 1 aromatic heterocycles. The fourth-order valence-electron chi connectivity index (χ4n) is 1.75. The van der Waals surface area contributed by atoms with E-state index in [-0.39, 0.29) is 12.7 Å². The summed E-state index contributed by atoms with van der Waals surface area (Å²) in [5, 5.41) is 8.98. The van der Waals surface area contributed by atoms with E-state index in [1.165, 1.54) is 5.56 Å². The third-order valence-corrected chi connectivity index (χ3v) is 2.50. The Hall–Kier alpha value is -0.840. The molecule has 0 saturated carbocycles. The average molecular weight is 196 g/mol. The minimum absolute atomic E-state index is 0.0114. The molecular formula is C10H16N2O2. The quantitative estimate of drug-likeness (QED) is 0.726. The van der Waals surface area contributed by atoms with E-state index in [2.05, 4.69) is 16.0 Å². The molecule has 0 radical (unpaired) electrons.